The zero-order valence-corrected chi connectivity index (χ0v) is 16.1. The third-order valence-corrected chi connectivity index (χ3v) is 6.83. The van der Waals surface area contributed by atoms with Crippen LogP contribution in [0.1, 0.15) is 19.8 Å². The highest BCUT2D eigenvalue weighted by molar-refractivity contribution is 7.91. The molecule has 2 rings (SSSR count). The van der Waals surface area contributed by atoms with Crippen molar-refractivity contribution in [3.8, 4) is 0 Å². The summed E-state index contributed by atoms with van der Waals surface area (Å²) < 4.78 is 26.9. The first-order valence-electron chi connectivity index (χ1n) is 8.18. The third-order valence-electron chi connectivity index (χ3n) is 3.97. The highest BCUT2D eigenvalue weighted by Crippen LogP contribution is 2.14. The lowest BCUT2D eigenvalue weighted by Gasteiger charge is -2.32. The Bertz CT molecular complexity index is 680. The van der Waals surface area contributed by atoms with Crippen LogP contribution in [0.3, 0.4) is 0 Å². The largest absolute Gasteiger partial charge is 0.355 e. The quantitative estimate of drug-likeness (QED) is 0.368. The molecule has 0 atom stereocenters. The van der Waals surface area contributed by atoms with Crippen LogP contribution in [0.5, 0.6) is 0 Å². The van der Waals surface area contributed by atoms with Gasteiger partial charge in [0.25, 0.3) is 0 Å². The Morgan fingerprint density at radius 1 is 1.36 bits per heavy atom. The van der Waals surface area contributed by atoms with E-state index in [1.165, 1.54) is 11.3 Å². The number of aliphatic imine (C=N–C) groups is 1. The number of guanidine groups is 1. The van der Waals surface area contributed by atoms with Gasteiger partial charge in [0.1, 0.15) is 4.21 Å². The zero-order chi connectivity index (χ0) is 18.3. The second-order valence-electron chi connectivity index (χ2n) is 5.75. The lowest BCUT2D eigenvalue weighted by atomic mass is 10.1. The molecule has 0 aliphatic carbocycles. The normalized spacial score (nSPS) is 16.7. The number of carbonyl (C=O) groups is 1. The Morgan fingerprint density at radius 2 is 2.08 bits per heavy atom. The van der Waals surface area contributed by atoms with Crippen LogP contribution in [0.4, 0.5) is 0 Å². The maximum Gasteiger partial charge on any atom is 0.250 e. The number of hydrogen-bond acceptors (Lipinski definition) is 5. The van der Waals surface area contributed by atoms with Crippen molar-refractivity contribution >= 4 is 33.2 Å². The fourth-order valence-electron chi connectivity index (χ4n) is 2.58. The minimum atomic E-state index is -3.43. The molecule has 1 aromatic rings. The van der Waals surface area contributed by atoms with Crippen LogP contribution in [0.2, 0.25) is 0 Å². The van der Waals surface area contributed by atoms with E-state index in [1.54, 1.807) is 31.5 Å². The smallest absolute Gasteiger partial charge is 0.250 e. The molecule has 1 fully saturated rings. The predicted molar refractivity (Wildman–Crippen MR) is 99.3 cm³/mol. The van der Waals surface area contributed by atoms with Gasteiger partial charge in [-0.25, -0.2) is 13.1 Å². The number of hydrogen-bond donors (Lipinski definition) is 3. The van der Waals surface area contributed by atoms with Crippen LogP contribution in [0.25, 0.3) is 0 Å². The van der Waals surface area contributed by atoms with Crippen LogP contribution >= 0.6 is 11.3 Å². The van der Waals surface area contributed by atoms with Crippen molar-refractivity contribution in [3.63, 3.8) is 0 Å². The van der Waals surface area contributed by atoms with Crippen molar-refractivity contribution in [3.05, 3.63) is 17.5 Å². The maximum atomic E-state index is 12.0. The molecule has 1 aliphatic rings. The molecule has 140 valence electrons. The standard InChI is InChI=1S/C15H25N5O3S2/c1-12(21)20-9-5-13(6-10-20)19-15(16-2)17-7-8-18-25(22,23)14-4-3-11-24-14/h3-4,11,13,18H,5-10H2,1-2H3,(H2,16,17,19). The minimum absolute atomic E-state index is 0.110. The summed E-state index contributed by atoms with van der Waals surface area (Å²) in [5.41, 5.74) is 0. The number of amides is 1. The average molecular weight is 388 g/mol. The molecular weight excluding hydrogens is 362 g/mol. The number of thiophene rings is 1. The van der Waals surface area contributed by atoms with E-state index in [4.69, 9.17) is 0 Å². The van der Waals surface area contributed by atoms with Gasteiger partial charge in [0.15, 0.2) is 5.96 Å². The first-order chi connectivity index (χ1) is 11.9. The molecule has 8 nitrogen and oxygen atoms in total. The predicted octanol–water partition coefficient (Wildman–Crippen LogP) is 0.202. The summed E-state index contributed by atoms with van der Waals surface area (Å²) >= 11 is 1.19. The molecule has 1 amide bonds. The van der Waals surface area contributed by atoms with Crippen molar-refractivity contribution in [1.29, 1.82) is 0 Å². The molecular formula is C15H25N5O3S2. The van der Waals surface area contributed by atoms with Crippen LogP contribution in [0.15, 0.2) is 26.7 Å². The lowest BCUT2D eigenvalue weighted by Crippen LogP contribution is -2.50. The van der Waals surface area contributed by atoms with Crippen LogP contribution in [-0.2, 0) is 14.8 Å². The number of sulfonamides is 1. The average Bonchev–Trinajstić information content (AvgIpc) is 3.13. The summed E-state index contributed by atoms with van der Waals surface area (Å²) in [5, 5.41) is 8.15. The fraction of sp³-hybridized carbons (Fsp3) is 0.600. The van der Waals surface area contributed by atoms with Gasteiger partial charge in [0.2, 0.25) is 15.9 Å². The molecule has 0 aromatic carbocycles. The van der Waals surface area contributed by atoms with E-state index < -0.39 is 10.0 Å². The fourth-order valence-corrected chi connectivity index (χ4v) is 4.65. The van der Waals surface area contributed by atoms with E-state index in [1.807, 2.05) is 4.90 Å². The molecule has 2 heterocycles. The summed E-state index contributed by atoms with van der Waals surface area (Å²) in [5.74, 6) is 0.746. The van der Waals surface area contributed by atoms with Crippen molar-refractivity contribution < 1.29 is 13.2 Å². The molecule has 1 aromatic heterocycles. The minimum Gasteiger partial charge on any atom is -0.355 e. The van der Waals surface area contributed by atoms with Crippen molar-refractivity contribution in [2.24, 2.45) is 4.99 Å². The highest BCUT2D eigenvalue weighted by Gasteiger charge is 2.21. The third kappa shape index (κ3) is 5.98. The Hall–Kier alpha value is -1.65. The van der Waals surface area contributed by atoms with Crippen molar-refractivity contribution in [2.45, 2.75) is 30.0 Å². The molecule has 10 heteroatoms. The molecule has 0 saturated carbocycles. The van der Waals surface area contributed by atoms with Crippen LogP contribution in [-0.4, -0.2) is 64.5 Å². The van der Waals surface area contributed by atoms with Gasteiger partial charge in [0.05, 0.1) is 0 Å². The molecule has 1 saturated heterocycles. The summed E-state index contributed by atoms with van der Waals surface area (Å²) in [6.07, 6.45) is 1.73. The van der Waals surface area contributed by atoms with E-state index in [0.717, 1.165) is 25.9 Å². The van der Waals surface area contributed by atoms with E-state index in [0.29, 0.717) is 16.7 Å². The van der Waals surface area contributed by atoms with Gasteiger partial charge in [-0.1, -0.05) is 6.07 Å². The maximum absolute atomic E-state index is 12.0. The zero-order valence-electron chi connectivity index (χ0n) is 14.5. The molecule has 1 aliphatic heterocycles. The number of carbonyl (C=O) groups excluding carboxylic acids is 1. The van der Waals surface area contributed by atoms with E-state index in [9.17, 15) is 13.2 Å². The number of nitrogens with one attached hydrogen (secondary N) is 3. The SMILES string of the molecule is CN=C(NCCNS(=O)(=O)c1cccs1)NC1CCN(C(C)=O)CC1. The first-order valence-corrected chi connectivity index (χ1v) is 10.5. The Labute approximate surface area is 152 Å². The van der Waals surface area contributed by atoms with Gasteiger partial charge in [-0.15, -0.1) is 11.3 Å². The van der Waals surface area contributed by atoms with Gasteiger partial charge in [-0.05, 0) is 24.3 Å². The van der Waals surface area contributed by atoms with Gasteiger partial charge in [-0.2, -0.15) is 0 Å². The van der Waals surface area contributed by atoms with Gasteiger partial charge in [-0.3, -0.25) is 9.79 Å². The molecule has 0 radical (unpaired) electrons. The van der Waals surface area contributed by atoms with E-state index in [-0.39, 0.29) is 18.5 Å². The van der Waals surface area contributed by atoms with E-state index in [2.05, 4.69) is 20.3 Å². The number of likely N-dealkylation sites (tertiary alicyclic amines) is 1. The van der Waals surface area contributed by atoms with Crippen LogP contribution < -0.4 is 15.4 Å². The summed E-state index contributed by atoms with van der Waals surface area (Å²) in [4.78, 5) is 17.3. The van der Waals surface area contributed by atoms with E-state index >= 15 is 0 Å². The highest BCUT2D eigenvalue weighted by atomic mass is 32.2. The summed E-state index contributed by atoms with van der Waals surface area (Å²) in [6.45, 7) is 3.76. The lowest BCUT2D eigenvalue weighted by molar-refractivity contribution is -0.129. The Balaban J connectivity index is 1.70. The van der Waals surface area contributed by atoms with Crippen LogP contribution in [0, 0.1) is 0 Å². The first kappa shape index (κ1) is 19.7. The number of piperidine rings is 1. The van der Waals surface area contributed by atoms with Crippen molar-refractivity contribution in [2.75, 3.05) is 33.2 Å². The molecule has 0 unspecified atom stereocenters. The second kappa shape index (κ2) is 9.16. The summed E-state index contributed by atoms with van der Waals surface area (Å²) in [6, 6.07) is 3.54. The molecule has 0 spiro atoms. The number of rotatable bonds is 6. The second-order valence-corrected chi connectivity index (χ2v) is 8.70. The van der Waals surface area contributed by atoms with Gasteiger partial charge >= 0.3 is 0 Å². The molecule has 0 bridgehead atoms. The summed E-state index contributed by atoms with van der Waals surface area (Å²) in [7, 11) is -1.76. The number of nitrogens with zero attached hydrogens (tertiary/aromatic N) is 2. The Morgan fingerprint density at radius 3 is 2.64 bits per heavy atom. The monoisotopic (exact) mass is 387 g/mol. The van der Waals surface area contributed by atoms with Gasteiger partial charge in [0, 0.05) is 46.2 Å². The molecule has 3 N–H and O–H groups in total. The van der Waals surface area contributed by atoms with Gasteiger partial charge < -0.3 is 15.5 Å². The Kier molecular flexibility index (Phi) is 7.21. The molecule has 25 heavy (non-hydrogen) atoms. The topological polar surface area (TPSA) is 103 Å². The van der Waals surface area contributed by atoms with Crippen molar-refractivity contribution in [1.82, 2.24) is 20.3 Å².